The van der Waals surface area contributed by atoms with E-state index in [1.54, 1.807) is 37.4 Å². The number of pyridine rings is 1. The summed E-state index contributed by atoms with van der Waals surface area (Å²) in [4.78, 5) is 25.3. The summed E-state index contributed by atoms with van der Waals surface area (Å²) in [5.41, 5.74) is 11.3. The summed E-state index contributed by atoms with van der Waals surface area (Å²) in [7, 11) is 3.01. The van der Waals surface area contributed by atoms with Crippen molar-refractivity contribution in [2.24, 2.45) is 5.11 Å². The topological polar surface area (TPSA) is 158 Å². The van der Waals surface area contributed by atoms with E-state index in [1.165, 1.54) is 13.3 Å². The quantitative estimate of drug-likeness (QED) is 0.359. The predicted octanol–water partition coefficient (Wildman–Crippen LogP) is 3.26. The van der Waals surface area contributed by atoms with E-state index >= 15 is 0 Å². The molecule has 0 aliphatic carbocycles. The lowest BCUT2D eigenvalue weighted by Crippen LogP contribution is -2.19. The summed E-state index contributed by atoms with van der Waals surface area (Å²) >= 11 is 0. The first-order chi connectivity index (χ1) is 17.1. The van der Waals surface area contributed by atoms with Gasteiger partial charge in [0.05, 0.1) is 47.6 Å². The standard InChI is InChI=1S/C24H24N8O3/c1-34-14-19-8-4-7-18(28-19)12-27-13-22(32-26)21-10-20(17-6-3-5-16(9-17)11-25)29-24(30-21)31-23(33)15-35-2/h3-10,13,26-27H,12,14-15H2,1-2H3,(H,29,30,31,33)/b22-13-,32-26?. The number of benzene rings is 1. The second kappa shape index (κ2) is 12.6. The molecule has 178 valence electrons. The van der Waals surface area contributed by atoms with E-state index in [-0.39, 0.29) is 18.3 Å². The van der Waals surface area contributed by atoms with Gasteiger partial charge >= 0.3 is 0 Å². The molecule has 1 aromatic carbocycles. The second-order valence-electron chi connectivity index (χ2n) is 7.21. The van der Waals surface area contributed by atoms with Crippen LogP contribution in [0.15, 0.2) is 59.8 Å². The average Bonchev–Trinajstić information content (AvgIpc) is 2.87. The van der Waals surface area contributed by atoms with Crippen molar-refractivity contribution >= 4 is 17.6 Å². The van der Waals surface area contributed by atoms with Gasteiger partial charge in [-0.2, -0.15) is 10.4 Å². The first kappa shape index (κ1) is 25.1. The van der Waals surface area contributed by atoms with Crippen molar-refractivity contribution in [3.05, 3.63) is 77.4 Å². The Balaban J connectivity index is 1.91. The highest BCUT2D eigenvalue weighted by Crippen LogP contribution is 2.24. The Hall–Kier alpha value is -4.53. The zero-order chi connectivity index (χ0) is 25.0. The average molecular weight is 473 g/mol. The van der Waals surface area contributed by atoms with E-state index in [9.17, 15) is 10.1 Å². The van der Waals surface area contributed by atoms with Crippen molar-refractivity contribution in [1.29, 1.82) is 10.8 Å². The predicted molar refractivity (Wildman–Crippen MR) is 128 cm³/mol. The Labute approximate surface area is 202 Å². The number of nitriles is 1. The maximum Gasteiger partial charge on any atom is 0.252 e. The van der Waals surface area contributed by atoms with E-state index in [0.29, 0.717) is 35.7 Å². The Kier molecular flexibility index (Phi) is 9.07. The third kappa shape index (κ3) is 7.23. The number of ether oxygens (including phenoxy) is 2. The Morgan fingerprint density at radius 2 is 1.91 bits per heavy atom. The number of anilines is 1. The molecule has 2 aromatic heterocycles. The molecular formula is C24H24N8O3. The molecule has 11 nitrogen and oxygen atoms in total. The van der Waals surface area contributed by atoms with E-state index in [2.05, 4.69) is 36.8 Å². The molecule has 0 bridgehead atoms. The van der Waals surface area contributed by atoms with Crippen LogP contribution in [-0.4, -0.2) is 41.7 Å². The Bertz CT molecular complexity index is 1270. The zero-order valence-electron chi connectivity index (χ0n) is 19.3. The van der Waals surface area contributed by atoms with Crippen molar-refractivity contribution in [3.63, 3.8) is 0 Å². The van der Waals surface area contributed by atoms with Crippen LogP contribution < -0.4 is 10.6 Å². The van der Waals surface area contributed by atoms with Gasteiger partial charge in [0.2, 0.25) is 5.95 Å². The molecule has 3 rings (SSSR count). The van der Waals surface area contributed by atoms with Crippen LogP contribution in [-0.2, 0) is 27.4 Å². The van der Waals surface area contributed by atoms with Crippen LogP contribution in [0.3, 0.4) is 0 Å². The maximum atomic E-state index is 12.1. The van der Waals surface area contributed by atoms with E-state index in [0.717, 1.165) is 11.4 Å². The van der Waals surface area contributed by atoms with Crippen LogP contribution in [0.1, 0.15) is 22.6 Å². The molecule has 1 amide bonds. The highest BCUT2D eigenvalue weighted by atomic mass is 16.5. The minimum Gasteiger partial charge on any atom is -0.383 e. The molecule has 2 heterocycles. The highest BCUT2D eigenvalue weighted by Gasteiger charge is 2.13. The van der Waals surface area contributed by atoms with Crippen LogP contribution in [0.25, 0.3) is 17.0 Å². The third-order valence-electron chi connectivity index (χ3n) is 4.60. The van der Waals surface area contributed by atoms with Crippen molar-refractivity contribution in [2.75, 3.05) is 26.1 Å². The van der Waals surface area contributed by atoms with Crippen molar-refractivity contribution < 1.29 is 14.3 Å². The molecular weight excluding hydrogens is 448 g/mol. The molecule has 0 atom stereocenters. The Morgan fingerprint density at radius 1 is 1.11 bits per heavy atom. The molecule has 11 heteroatoms. The van der Waals surface area contributed by atoms with Gasteiger partial charge in [-0.25, -0.2) is 15.5 Å². The molecule has 0 aliphatic heterocycles. The number of carbonyl (C=O) groups excluding carboxylic acids is 1. The van der Waals surface area contributed by atoms with Crippen LogP contribution in [0, 0.1) is 16.9 Å². The molecule has 3 aromatic rings. The van der Waals surface area contributed by atoms with Crippen LogP contribution in [0.5, 0.6) is 0 Å². The number of nitrogens with one attached hydrogen (secondary N) is 3. The minimum absolute atomic E-state index is 0.0189. The first-order valence-corrected chi connectivity index (χ1v) is 10.5. The molecule has 0 unspecified atom stereocenters. The second-order valence-corrected chi connectivity index (χ2v) is 7.21. The number of rotatable bonds is 11. The zero-order valence-corrected chi connectivity index (χ0v) is 19.3. The lowest BCUT2D eigenvalue weighted by molar-refractivity contribution is -0.119. The smallest absolute Gasteiger partial charge is 0.252 e. The number of carbonyl (C=O) groups is 1. The Morgan fingerprint density at radius 3 is 2.66 bits per heavy atom. The summed E-state index contributed by atoms with van der Waals surface area (Å²) in [6, 6.07) is 16.2. The molecule has 0 fully saturated rings. The fourth-order valence-electron chi connectivity index (χ4n) is 3.09. The van der Waals surface area contributed by atoms with Gasteiger partial charge in [0.15, 0.2) is 0 Å². The third-order valence-corrected chi connectivity index (χ3v) is 4.60. The summed E-state index contributed by atoms with van der Waals surface area (Å²) in [5.74, 6) is -0.416. The van der Waals surface area contributed by atoms with E-state index in [1.807, 2.05) is 18.2 Å². The van der Waals surface area contributed by atoms with Crippen molar-refractivity contribution in [2.45, 2.75) is 13.2 Å². The van der Waals surface area contributed by atoms with Gasteiger partial charge < -0.3 is 14.8 Å². The van der Waals surface area contributed by atoms with Crippen LogP contribution in [0.2, 0.25) is 0 Å². The molecule has 0 spiro atoms. The van der Waals surface area contributed by atoms with Gasteiger partial charge in [0.1, 0.15) is 12.3 Å². The highest BCUT2D eigenvalue weighted by molar-refractivity contribution is 5.90. The molecule has 0 saturated carbocycles. The fraction of sp³-hybridized carbons (Fsp3) is 0.208. The number of amides is 1. The largest absolute Gasteiger partial charge is 0.383 e. The maximum absolute atomic E-state index is 12.1. The van der Waals surface area contributed by atoms with Gasteiger partial charge in [-0.15, -0.1) is 0 Å². The van der Waals surface area contributed by atoms with Gasteiger partial charge in [-0.1, -0.05) is 18.2 Å². The summed E-state index contributed by atoms with van der Waals surface area (Å²) in [5, 5.41) is 18.5. The van der Waals surface area contributed by atoms with E-state index in [4.69, 9.17) is 15.0 Å². The first-order valence-electron chi connectivity index (χ1n) is 10.5. The lowest BCUT2D eigenvalue weighted by atomic mass is 10.1. The van der Waals surface area contributed by atoms with Crippen LogP contribution >= 0.6 is 0 Å². The lowest BCUT2D eigenvalue weighted by Gasteiger charge is -2.10. The normalized spacial score (nSPS) is 10.9. The monoisotopic (exact) mass is 472 g/mol. The summed E-state index contributed by atoms with van der Waals surface area (Å²) in [6.07, 6.45) is 1.54. The van der Waals surface area contributed by atoms with Gasteiger partial charge in [-0.05, 0) is 30.3 Å². The fourth-order valence-corrected chi connectivity index (χ4v) is 3.09. The number of methoxy groups -OCH3 is 2. The summed E-state index contributed by atoms with van der Waals surface area (Å²) < 4.78 is 9.96. The minimum atomic E-state index is -0.435. The molecule has 0 aliphatic rings. The van der Waals surface area contributed by atoms with E-state index < -0.39 is 5.91 Å². The SMILES string of the molecule is COCC(=O)Nc1nc(/C(=C/NCc2cccc(COC)n2)N=N)cc(-c2cccc(C#N)c2)n1. The van der Waals surface area contributed by atoms with Crippen LogP contribution in [0.4, 0.5) is 5.95 Å². The number of nitrogens with zero attached hydrogens (tertiary/aromatic N) is 5. The summed E-state index contributed by atoms with van der Waals surface area (Å²) in [6.45, 7) is 0.621. The molecule has 3 N–H and O–H groups in total. The van der Waals surface area contributed by atoms with Gasteiger partial charge in [0.25, 0.3) is 5.91 Å². The number of hydrogen-bond donors (Lipinski definition) is 3. The molecule has 0 saturated heterocycles. The van der Waals surface area contributed by atoms with Crippen molar-refractivity contribution in [3.8, 4) is 17.3 Å². The van der Waals surface area contributed by atoms with Crippen molar-refractivity contribution in [1.82, 2.24) is 20.3 Å². The van der Waals surface area contributed by atoms with Gasteiger partial charge in [0, 0.05) is 26.0 Å². The number of hydrogen-bond acceptors (Lipinski definition) is 10. The molecule has 35 heavy (non-hydrogen) atoms. The van der Waals surface area contributed by atoms with Gasteiger partial charge in [-0.3, -0.25) is 15.1 Å². The molecule has 0 radical (unpaired) electrons. The number of aromatic nitrogens is 3.